The van der Waals surface area contributed by atoms with Gasteiger partial charge in [0.2, 0.25) is 0 Å². The Morgan fingerprint density at radius 3 is 2.42 bits per heavy atom. The fourth-order valence-corrected chi connectivity index (χ4v) is 3.51. The molecule has 2 amide bonds. The van der Waals surface area contributed by atoms with Crippen LogP contribution in [-0.2, 0) is 4.79 Å². The van der Waals surface area contributed by atoms with Crippen molar-refractivity contribution in [2.24, 2.45) is 5.10 Å². The lowest BCUT2D eigenvalue weighted by atomic mass is 10.2. The highest BCUT2D eigenvalue weighted by Crippen LogP contribution is 2.29. The van der Waals surface area contributed by atoms with Gasteiger partial charge in [0, 0.05) is 20.6 Å². The quantitative estimate of drug-likeness (QED) is 0.171. The topological polar surface area (TPSA) is 115 Å². The van der Waals surface area contributed by atoms with Crippen LogP contribution in [-0.4, -0.2) is 44.8 Å². The number of hydrazone groups is 1. The number of benzene rings is 3. The Morgan fingerprint density at radius 1 is 0.944 bits per heavy atom. The van der Waals surface area contributed by atoms with E-state index in [9.17, 15) is 14.4 Å². The predicted octanol–water partition coefficient (Wildman–Crippen LogP) is 4.22. The van der Waals surface area contributed by atoms with E-state index in [0.717, 1.165) is 0 Å². The second-order valence-electron chi connectivity index (χ2n) is 7.13. The number of rotatable bonds is 9. The van der Waals surface area contributed by atoms with E-state index < -0.39 is 17.8 Å². The third-order valence-corrected chi connectivity index (χ3v) is 5.41. The molecular weight excluding hydrogens is 554 g/mol. The molecule has 3 rings (SSSR count). The summed E-state index contributed by atoms with van der Waals surface area (Å²) in [6, 6.07) is 15.9. The molecule has 0 aliphatic carbocycles. The number of esters is 1. The van der Waals surface area contributed by atoms with Gasteiger partial charge in [-0.05, 0) is 54.6 Å². The Bertz CT molecular complexity index is 1310. The Balaban J connectivity index is 1.63. The minimum atomic E-state index is -0.624. The average molecular weight is 575 g/mol. The van der Waals surface area contributed by atoms with Gasteiger partial charge in [-0.15, -0.1) is 0 Å². The Hall–Kier alpha value is -3.89. The molecule has 0 fully saturated rings. The summed E-state index contributed by atoms with van der Waals surface area (Å²) in [4.78, 5) is 36.9. The molecule has 186 valence electrons. The van der Waals surface area contributed by atoms with Gasteiger partial charge in [0.1, 0.15) is 5.75 Å². The molecule has 0 unspecified atom stereocenters. The van der Waals surface area contributed by atoms with Crippen LogP contribution < -0.4 is 25.0 Å². The number of hydrogen-bond acceptors (Lipinski definition) is 7. The molecular formula is C25H21BrClN3O6. The van der Waals surface area contributed by atoms with Gasteiger partial charge in [-0.2, -0.15) is 5.10 Å². The van der Waals surface area contributed by atoms with Gasteiger partial charge in [-0.3, -0.25) is 9.59 Å². The zero-order valence-corrected chi connectivity index (χ0v) is 21.6. The lowest BCUT2D eigenvalue weighted by molar-refractivity contribution is -0.120. The van der Waals surface area contributed by atoms with E-state index in [4.69, 9.17) is 25.8 Å². The molecule has 0 saturated heterocycles. The monoisotopic (exact) mass is 573 g/mol. The standard InChI is InChI=1S/C25H21BrClN3O6/c1-34-21-8-6-16(12-22(21)35-2)25(33)36-20-9-7-18(26)10-17(20)13-29-30-23(31)14-28-24(32)15-4-3-5-19(27)11-15/h3-13H,14H2,1-2H3,(H,28,32)(H,30,31)/b29-13-. The summed E-state index contributed by atoms with van der Waals surface area (Å²) in [6.45, 7) is -0.303. The van der Waals surface area contributed by atoms with E-state index in [2.05, 4.69) is 31.8 Å². The van der Waals surface area contributed by atoms with Crippen LogP contribution in [0.1, 0.15) is 26.3 Å². The number of carbonyl (C=O) groups excluding carboxylic acids is 3. The van der Waals surface area contributed by atoms with E-state index in [1.807, 2.05) is 0 Å². The van der Waals surface area contributed by atoms with Gasteiger partial charge in [-0.1, -0.05) is 33.6 Å². The smallest absolute Gasteiger partial charge is 0.343 e. The van der Waals surface area contributed by atoms with Crippen LogP contribution in [0.5, 0.6) is 17.2 Å². The van der Waals surface area contributed by atoms with Gasteiger partial charge in [0.05, 0.1) is 32.5 Å². The highest BCUT2D eigenvalue weighted by atomic mass is 79.9. The molecule has 3 aromatic carbocycles. The second-order valence-corrected chi connectivity index (χ2v) is 8.48. The maximum atomic E-state index is 12.7. The van der Waals surface area contributed by atoms with Gasteiger partial charge in [0.25, 0.3) is 11.8 Å². The predicted molar refractivity (Wildman–Crippen MR) is 138 cm³/mol. The van der Waals surface area contributed by atoms with Crippen LogP contribution in [0, 0.1) is 0 Å². The SMILES string of the molecule is COc1ccc(C(=O)Oc2ccc(Br)cc2/C=N\NC(=O)CNC(=O)c2cccc(Cl)c2)cc1OC. The van der Waals surface area contributed by atoms with Crippen LogP contribution in [0.25, 0.3) is 0 Å². The molecule has 0 atom stereocenters. The summed E-state index contributed by atoms with van der Waals surface area (Å²) < 4.78 is 16.6. The normalized spacial score (nSPS) is 10.6. The number of nitrogens with zero attached hydrogens (tertiary/aromatic N) is 1. The third-order valence-electron chi connectivity index (χ3n) is 4.68. The number of methoxy groups -OCH3 is 2. The Labute approximate surface area is 220 Å². The van der Waals surface area contributed by atoms with Gasteiger partial charge in [0.15, 0.2) is 11.5 Å². The molecule has 2 N–H and O–H groups in total. The van der Waals surface area contributed by atoms with Crippen LogP contribution in [0.4, 0.5) is 0 Å². The van der Waals surface area contributed by atoms with E-state index in [0.29, 0.717) is 32.1 Å². The van der Waals surface area contributed by atoms with Crippen LogP contribution in [0.2, 0.25) is 5.02 Å². The molecule has 0 aliphatic rings. The fraction of sp³-hybridized carbons (Fsp3) is 0.120. The van der Waals surface area contributed by atoms with E-state index in [1.165, 1.54) is 32.6 Å². The van der Waals surface area contributed by atoms with Gasteiger partial charge < -0.3 is 19.5 Å². The zero-order chi connectivity index (χ0) is 26.1. The first kappa shape index (κ1) is 26.7. The maximum absolute atomic E-state index is 12.7. The molecule has 9 nitrogen and oxygen atoms in total. The molecule has 36 heavy (non-hydrogen) atoms. The number of hydrogen-bond donors (Lipinski definition) is 2. The molecule has 11 heteroatoms. The van der Waals surface area contributed by atoms with Gasteiger partial charge >= 0.3 is 5.97 Å². The molecule has 0 spiro atoms. The summed E-state index contributed by atoms with van der Waals surface area (Å²) in [6.07, 6.45) is 1.32. The Morgan fingerprint density at radius 2 is 1.69 bits per heavy atom. The first-order valence-electron chi connectivity index (χ1n) is 10.4. The molecule has 3 aromatic rings. The van der Waals surface area contributed by atoms with Crippen molar-refractivity contribution in [3.05, 3.63) is 86.8 Å². The zero-order valence-electron chi connectivity index (χ0n) is 19.2. The van der Waals surface area contributed by atoms with Crippen molar-refractivity contribution >= 4 is 51.5 Å². The third kappa shape index (κ3) is 7.30. The number of carbonyl (C=O) groups is 3. The van der Waals surface area contributed by atoms with Crippen molar-refractivity contribution in [3.8, 4) is 17.2 Å². The largest absolute Gasteiger partial charge is 0.493 e. The number of halogens is 2. The highest BCUT2D eigenvalue weighted by Gasteiger charge is 2.15. The fourth-order valence-electron chi connectivity index (χ4n) is 2.94. The lowest BCUT2D eigenvalue weighted by Crippen LogP contribution is -2.34. The minimum absolute atomic E-state index is 0.213. The summed E-state index contributed by atoms with van der Waals surface area (Å²) in [5.74, 6) is -0.556. The molecule has 0 aromatic heterocycles. The Kier molecular flexibility index (Phi) is 9.43. The van der Waals surface area contributed by atoms with Gasteiger partial charge in [-0.25, -0.2) is 10.2 Å². The van der Waals surface area contributed by atoms with Crippen LogP contribution in [0.3, 0.4) is 0 Å². The van der Waals surface area contributed by atoms with Crippen molar-refractivity contribution in [3.63, 3.8) is 0 Å². The van der Waals surface area contributed by atoms with E-state index in [1.54, 1.807) is 48.5 Å². The van der Waals surface area contributed by atoms with Crippen molar-refractivity contribution in [1.29, 1.82) is 0 Å². The van der Waals surface area contributed by atoms with Crippen LogP contribution >= 0.6 is 27.5 Å². The second kappa shape index (κ2) is 12.7. The van der Waals surface area contributed by atoms with Crippen molar-refractivity contribution in [2.45, 2.75) is 0 Å². The van der Waals surface area contributed by atoms with E-state index in [-0.39, 0.29) is 17.9 Å². The lowest BCUT2D eigenvalue weighted by Gasteiger charge is -2.11. The molecule has 0 radical (unpaired) electrons. The molecule has 0 aliphatic heterocycles. The average Bonchev–Trinajstić information content (AvgIpc) is 2.88. The summed E-state index contributed by atoms with van der Waals surface area (Å²) in [7, 11) is 2.96. The summed E-state index contributed by atoms with van der Waals surface area (Å²) in [5.41, 5.74) is 3.31. The minimum Gasteiger partial charge on any atom is -0.493 e. The first-order valence-corrected chi connectivity index (χ1v) is 11.6. The number of ether oxygens (including phenoxy) is 3. The number of amides is 2. The van der Waals surface area contributed by atoms with E-state index >= 15 is 0 Å². The van der Waals surface area contributed by atoms with Crippen molar-refractivity contribution in [1.82, 2.24) is 10.7 Å². The summed E-state index contributed by atoms with van der Waals surface area (Å²) in [5, 5.41) is 6.78. The van der Waals surface area contributed by atoms with Crippen LogP contribution in [0.15, 0.2) is 70.2 Å². The van der Waals surface area contributed by atoms with Crippen molar-refractivity contribution < 1.29 is 28.6 Å². The molecule has 0 saturated carbocycles. The number of nitrogens with one attached hydrogen (secondary N) is 2. The van der Waals surface area contributed by atoms with Crippen molar-refractivity contribution in [2.75, 3.05) is 20.8 Å². The molecule has 0 bridgehead atoms. The summed E-state index contributed by atoms with van der Waals surface area (Å²) >= 11 is 9.22. The molecule has 0 heterocycles. The first-order chi connectivity index (χ1) is 17.3. The highest BCUT2D eigenvalue weighted by molar-refractivity contribution is 9.10. The maximum Gasteiger partial charge on any atom is 0.343 e.